The molecule has 2 aromatic carbocycles. The molecule has 0 aliphatic carbocycles. The topological polar surface area (TPSA) is 84.5 Å². The Morgan fingerprint density at radius 3 is 2.42 bits per heavy atom. The van der Waals surface area contributed by atoms with Gasteiger partial charge >= 0.3 is 0 Å². The first kappa shape index (κ1) is 19.9. The van der Waals surface area contributed by atoms with E-state index in [0.29, 0.717) is 17.9 Å². The Hall–Kier alpha value is -2.38. The van der Waals surface area contributed by atoms with Gasteiger partial charge in [-0.1, -0.05) is 30.3 Å². The summed E-state index contributed by atoms with van der Waals surface area (Å²) in [5.41, 5.74) is 1.58. The molecule has 0 saturated carbocycles. The van der Waals surface area contributed by atoms with Gasteiger partial charge in [-0.2, -0.15) is 4.72 Å². The van der Waals surface area contributed by atoms with E-state index in [4.69, 9.17) is 4.74 Å². The zero-order chi connectivity index (χ0) is 19.2. The summed E-state index contributed by atoms with van der Waals surface area (Å²) in [6.45, 7) is 4.15. The molecule has 2 rings (SSSR count). The first-order chi connectivity index (χ1) is 12.4. The SMILES string of the molecule is CCOc1ccc(S(=O)(=O)N[C@@H](Cc2ccccc2)C(=O)NC)cc1C. The van der Waals surface area contributed by atoms with E-state index in [9.17, 15) is 13.2 Å². The smallest absolute Gasteiger partial charge is 0.241 e. The third-order valence-corrected chi connectivity index (χ3v) is 5.37. The first-order valence-electron chi connectivity index (χ1n) is 8.38. The number of benzene rings is 2. The van der Waals surface area contributed by atoms with Crippen LogP contribution in [-0.2, 0) is 21.2 Å². The summed E-state index contributed by atoms with van der Waals surface area (Å²) in [5, 5.41) is 2.51. The predicted octanol–water partition coefficient (Wildman–Crippen LogP) is 2.03. The highest BCUT2D eigenvalue weighted by molar-refractivity contribution is 7.89. The molecule has 26 heavy (non-hydrogen) atoms. The maximum Gasteiger partial charge on any atom is 0.241 e. The summed E-state index contributed by atoms with van der Waals surface area (Å²) in [6, 6.07) is 13.0. The first-order valence-corrected chi connectivity index (χ1v) is 9.87. The second kappa shape index (κ2) is 8.82. The number of sulfonamides is 1. The largest absolute Gasteiger partial charge is 0.494 e. The van der Waals surface area contributed by atoms with Crippen LogP contribution in [0.5, 0.6) is 5.75 Å². The van der Waals surface area contributed by atoms with E-state index in [1.165, 1.54) is 19.2 Å². The van der Waals surface area contributed by atoms with Crippen molar-refractivity contribution in [2.45, 2.75) is 31.2 Å². The van der Waals surface area contributed by atoms with Gasteiger partial charge in [-0.25, -0.2) is 8.42 Å². The lowest BCUT2D eigenvalue weighted by Crippen LogP contribution is -2.46. The maximum atomic E-state index is 12.7. The van der Waals surface area contributed by atoms with E-state index in [1.807, 2.05) is 37.3 Å². The number of hydrogen-bond donors (Lipinski definition) is 2. The fourth-order valence-electron chi connectivity index (χ4n) is 2.57. The minimum Gasteiger partial charge on any atom is -0.494 e. The van der Waals surface area contributed by atoms with Crippen molar-refractivity contribution in [1.82, 2.24) is 10.0 Å². The lowest BCUT2D eigenvalue weighted by molar-refractivity contribution is -0.122. The van der Waals surface area contributed by atoms with E-state index in [0.717, 1.165) is 5.56 Å². The number of amides is 1. The van der Waals surface area contributed by atoms with E-state index in [-0.39, 0.29) is 17.2 Å². The van der Waals surface area contributed by atoms with Gasteiger partial charge in [0, 0.05) is 7.05 Å². The second-order valence-corrected chi connectivity index (χ2v) is 7.55. The van der Waals surface area contributed by atoms with Crippen molar-refractivity contribution >= 4 is 15.9 Å². The molecule has 0 fully saturated rings. The van der Waals surface area contributed by atoms with Crippen LogP contribution in [0.1, 0.15) is 18.1 Å². The van der Waals surface area contributed by atoms with Crippen LogP contribution >= 0.6 is 0 Å². The van der Waals surface area contributed by atoms with Crippen LogP contribution in [0.4, 0.5) is 0 Å². The predicted molar refractivity (Wildman–Crippen MR) is 101 cm³/mol. The van der Waals surface area contributed by atoms with Gasteiger partial charge < -0.3 is 10.1 Å². The van der Waals surface area contributed by atoms with Gasteiger partial charge in [0.15, 0.2) is 0 Å². The molecular formula is C19H24N2O4S. The molecule has 6 nitrogen and oxygen atoms in total. The molecule has 0 unspecified atom stereocenters. The van der Waals surface area contributed by atoms with Crippen LogP contribution < -0.4 is 14.8 Å². The van der Waals surface area contributed by atoms with E-state index in [1.54, 1.807) is 13.0 Å². The number of likely N-dealkylation sites (N-methyl/N-ethyl adjacent to an activating group) is 1. The molecule has 0 bridgehead atoms. The third kappa shape index (κ3) is 5.06. The lowest BCUT2D eigenvalue weighted by atomic mass is 10.1. The molecule has 0 aliphatic heterocycles. The minimum atomic E-state index is -3.86. The molecule has 0 spiro atoms. The Balaban J connectivity index is 2.25. The van der Waals surface area contributed by atoms with Crippen LogP contribution in [0.2, 0.25) is 0 Å². The highest BCUT2D eigenvalue weighted by Gasteiger charge is 2.25. The summed E-state index contributed by atoms with van der Waals surface area (Å²) < 4.78 is 33.4. The summed E-state index contributed by atoms with van der Waals surface area (Å²) in [4.78, 5) is 12.3. The van der Waals surface area contributed by atoms with E-state index < -0.39 is 16.1 Å². The van der Waals surface area contributed by atoms with Crippen molar-refractivity contribution in [3.63, 3.8) is 0 Å². The summed E-state index contributed by atoms with van der Waals surface area (Å²) in [6.07, 6.45) is 0.260. The van der Waals surface area contributed by atoms with E-state index in [2.05, 4.69) is 10.0 Å². The Morgan fingerprint density at radius 1 is 1.15 bits per heavy atom. The van der Waals surface area contributed by atoms with Crippen molar-refractivity contribution < 1.29 is 17.9 Å². The Bertz CT molecular complexity index is 851. The quantitative estimate of drug-likeness (QED) is 0.738. The summed E-state index contributed by atoms with van der Waals surface area (Å²) in [7, 11) is -2.37. The number of hydrogen-bond acceptors (Lipinski definition) is 4. The number of rotatable bonds is 8. The molecule has 2 aromatic rings. The Labute approximate surface area is 154 Å². The highest BCUT2D eigenvalue weighted by Crippen LogP contribution is 2.22. The fourth-order valence-corrected chi connectivity index (χ4v) is 3.85. The number of carbonyl (C=O) groups excluding carboxylic acids is 1. The van der Waals surface area contributed by atoms with Crippen molar-refractivity contribution in [3.8, 4) is 5.75 Å². The molecule has 0 aromatic heterocycles. The average Bonchev–Trinajstić information content (AvgIpc) is 2.63. The van der Waals surface area contributed by atoms with Gasteiger partial charge in [-0.3, -0.25) is 4.79 Å². The van der Waals surface area contributed by atoms with Gasteiger partial charge in [0.25, 0.3) is 0 Å². The minimum absolute atomic E-state index is 0.0976. The standard InChI is InChI=1S/C19H24N2O4S/c1-4-25-18-11-10-16(12-14(18)2)26(23,24)21-17(19(22)20-3)13-15-8-6-5-7-9-15/h5-12,17,21H,4,13H2,1-3H3,(H,20,22)/t17-/m0/s1. The number of aryl methyl sites for hydroxylation is 1. The zero-order valence-electron chi connectivity index (χ0n) is 15.2. The zero-order valence-corrected chi connectivity index (χ0v) is 16.0. The number of nitrogens with one attached hydrogen (secondary N) is 2. The monoisotopic (exact) mass is 376 g/mol. The molecule has 1 atom stereocenters. The normalized spacial score (nSPS) is 12.4. The molecule has 0 aliphatic rings. The second-order valence-electron chi connectivity index (χ2n) is 5.84. The highest BCUT2D eigenvalue weighted by atomic mass is 32.2. The Kier molecular flexibility index (Phi) is 6.76. The Morgan fingerprint density at radius 2 is 1.85 bits per heavy atom. The molecule has 0 saturated heterocycles. The molecule has 0 radical (unpaired) electrons. The molecule has 7 heteroatoms. The van der Waals surface area contributed by atoms with Crippen LogP contribution in [0.15, 0.2) is 53.4 Å². The molecule has 0 heterocycles. The van der Waals surface area contributed by atoms with E-state index >= 15 is 0 Å². The van der Waals surface area contributed by atoms with Gasteiger partial charge in [0.05, 0.1) is 11.5 Å². The van der Waals surface area contributed by atoms with Gasteiger partial charge in [0.1, 0.15) is 11.8 Å². The van der Waals surface area contributed by atoms with Gasteiger partial charge in [-0.05, 0) is 49.6 Å². The van der Waals surface area contributed by atoms with Crippen LogP contribution in [0.25, 0.3) is 0 Å². The number of ether oxygens (including phenoxy) is 1. The van der Waals surface area contributed by atoms with Gasteiger partial charge in [-0.15, -0.1) is 0 Å². The summed E-state index contributed by atoms with van der Waals surface area (Å²) >= 11 is 0. The van der Waals surface area contributed by atoms with Crippen LogP contribution in [-0.4, -0.2) is 34.0 Å². The van der Waals surface area contributed by atoms with Gasteiger partial charge in [0.2, 0.25) is 15.9 Å². The van der Waals surface area contributed by atoms with Crippen molar-refractivity contribution in [2.75, 3.05) is 13.7 Å². The molecule has 2 N–H and O–H groups in total. The van der Waals surface area contributed by atoms with Crippen LogP contribution in [0, 0.1) is 6.92 Å². The molecular weight excluding hydrogens is 352 g/mol. The molecule has 1 amide bonds. The van der Waals surface area contributed by atoms with Crippen molar-refractivity contribution in [3.05, 3.63) is 59.7 Å². The average molecular weight is 376 g/mol. The van der Waals surface area contributed by atoms with Crippen LogP contribution in [0.3, 0.4) is 0 Å². The fraction of sp³-hybridized carbons (Fsp3) is 0.316. The third-order valence-electron chi connectivity index (χ3n) is 3.90. The maximum absolute atomic E-state index is 12.7. The van der Waals surface area contributed by atoms with Crippen molar-refractivity contribution in [2.24, 2.45) is 0 Å². The number of carbonyl (C=O) groups is 1. The summed E-state index contributed by atoms with van der Waals surface area (Å²) in [5.74, 6) is 0.249. The van der Waals surface area contributed by atoms with Crippen molar-refractivity contribution in [1.29, 1.82) is 0 Å². The lowest BCUT2D eigenvalue weighted by Gasteiger charge is -2.18. The molecule has 140 valence electrons.